The van der Waals surface area contributed by atoms with Crippen molar-refractivity contribution in [3.05, 3.63) is 11.8 Å². The van der Waals surface area contributed by atoms with Gasteiger partial charge in [-0.2, -0.15) is 4.98 Å². The highest BCUT2D eigenvalue weighted by atomic mass is 15.2. The lowest BCUT2D eigenvalue weighted by Gasteiger charge is -2.16. The van der Waals surface area contributed by atoms with E-state index in [0.717, 1.165) is 18.3 Å². The van der Waals surface area contributed by atoms with E-state index in [1.54, 1.807) is 0 Å². The van der Waals surface area contributed by atoms with Crippen LogP contribution in [0, 0.1) is 0 Å². The molecule has 1 heterocycles. The summed E-state index contributed by atoms with van der Waals surface area (Å²) in [5, 5.41) is 3.29. The van der Waals surface area contributed by atoms with Gasteiger partial charge in [0.1, 0.15) is 5.82 Å². The lowest BCUT2D eigenvalue weighted by Crippen LogP contribution is -2.16. The molecule has 0 unspecified atom stereocenters. The van der Waals surface area contributed by atoms with Crippen LogP contribution in [0.1, 0.15) is 44.2 Å². The summed E-state index contributed by atoms with van der Waals surface area (Å²) in [6, 6.07) is 2.12. The van der Waals surface area contributed by atoms with Crippen molar-refractivity contribution in [1.29, 1.82) is 0 Å². The Morgan fingerprint density at radius 3 is 2.59 bits per heavy atom. The summed E-state index contributed by atoms with van der Waals surface area (Å²) >= 11 is 0. The van der Waals surface area contributed by atoms with Gasteiger partial charge in [0, 0.05) is 32.6 Å². The molecule has 4 heteroatoms. The highest BCUT2D eigenvalue weighted by Crippen LogP contribution is 2.34. The van der Waals surface area contributed by atoms with Crippen LogP contribution in [0.5, 0.6) is 0 Å². The molecule has 1 fully saturated rings. The number of nitrogens with one attached hydrogen (secondary N) is 1. The van der Waals surface area contributed by atoms with Crippen LogP contribution in [0.2, 0.25) is 0 Å². The summed E-state index contributed by atoms with van der Waals surface area (Å²) in [5.41, 5.74) is 1.21. The van der Waals surface area contributed by atoms with Gasteiger partial charge >= 0.3 is 0 Å². The topological polar surface area (TPSA) is 41.1 Å². The van der Waals surface area contributed by atoms with Crippen molar-refractivity contribution < 1.29 is 0 Å². The van der Waals surface area contributed by atoms with Gasteiger partial charge in [0.15, 0.2) is 0 Å². The highest BCUT2D eigenvalue weighted by Gasteiger charge is 2.20. The summed E-state index contributed by atoms with van der Waals surface area (Å²) in [7, 11) is 3.98. The fraction of sp³-hybridized carbons (Fsp3) is 0.692. The normalized spacial score (nSPS) is 16.2. The molecule has 0 aromatic carbocycles. The summed E-state index contributed by atoms with van der Waals surface area (Å²) < 4.78 is 0. The van der Waals surface area contributed by atoms with Gasteiger partial charge in [-0.25, -0.2) is 4.98 Å². The molecule has 0 aliphatic heterocycles. The van der Waals surface area contributed by atoms with Gasteiger partial charge in [-0.05, 0) is 19.8 Å². The van der Waals surface area contributed by atoms with E-state index in [-0.39, 0.29) is 0 Å². The Hall–Kier alpha value is -1.32. The molecule has 1 aliphatic rings. The average molecular weight is 234 g/mol. The largest absolute Gasteiger partial charge is 0.370 e. The fourth-order valence-electron chi connectivity index (χ4n) is 2.36. The molecule has 0 amide bonds. The van der Waals surface area contributed by atoms with Crippen molar-refractivity contribution in [2.75, 3.05) is 30.9 Å². The van der Waals surface area contributed by atoms with Crippen molar-refractivity contribution >= 4 is 11.8 Å². The second-order valence-corrected chi connectivity index (χ2v) is 4.88. The van der Waals surface area contributed by atoms with Gasteiger partial charge in [-0.1, -0.05) is 12.8 Å². The molecule has 1 aromatic rings. The van der Waals surface area contributed by atoms with E-state index in [1.165, 1.54) is 31.4 Å². The number of nitrogens with zero attached hydrogens (tertiary/aromatic N) is 3. The van der Waals surface area contributed by atoms with Gasteiger partial charge in [0.05, 0.1) is 5.69 Å². The third-order valence-corrected chi connectivity index (χ3v) is 3.27. The first-order chi connectivity index (χ1) is 8.20. The van der Waals surface area contributed by atoms with E-state index in [2.05, 4.69) is 28.3 Å². The molecule has 17 heavy (non-hydrogen) atoms. The third kappa shape index (κ3) is 2.87. The standard InChI is InChI=1S/C13H22N4/c1-4-14-12-9-11(10-7-5-6-8-10)15-13(16-12)17(2)3/h9-10H,4-8H2,1-3H3,(H,14,15,16). The van der Waals surface area contributed by atoms with Crippen LogP contribution in [0.15, 0.2) is 6.07 Å². The lowest BCUT2D eigenvalue weighted by atomic mass is 10.0. The SMILES string of the molecule is CCNc1cc(C2CCCC2)nc(N(C)C)n1. The predicted molar refractivity (Wildman–Crippen MR) is 71.7 cm³/mol. The van der Waals surface area contributed by atoms with Gasteiger partial charge in [-0.3, -0.25) is 0 Å². The van der Waals surface area contributed by atoms with Crippen LogP contribution >= 0.6 is 0 Å². The number of anilines is 2. The Bertz CT molecular complexity index is 370. The molecule has 0 radical (unpaired) electrons. The van der Waals surface area contributed by atoms with E-state index < -0.39 is 0 Å². The molecule has 94 valence electrons. The number of hydrogen-bond acceptors (Lipinski definition) is 4. The lowest BCUT2D eigenvalue weighted by molar-refractivity contribution is 0.693. The van der Waals surface area contributed by atoms with Crippen LogP contribution in [0.3, 0.4) is 0 Å². The molecule has 0 atom stereocenters. The molecule has 4 nitrogen and oxygen atoms in total. The second-order valence-electron chi connectivity index (χ2n) is 4.88. The molecular formula is C13H22N4. The Morgan fingerprint density at radius 1 is 1.29 bits per heavy atom. The summed E-state index contributed by atoms with van der Waals surface area (Å²) in [5.74, 6) is 2.40. The van der Waals surface area contributed by atoms with Crippen molar-refractivity contribution in [2.24, 2.45) is 0 Å². The third-order valence-electron chi connectivity index (χ3n) is 3.27. The maximum absolute atomic E-state index is 4.67. The number of rotatable bonds is 4. The van der Waals surface area contributed by atoms with Crippen LogP contribution in [-0.4, -0.2) is 30.6 Å². The van der Waals surface area contributed by atoms with E-state index in [1.807, 2.05) is 19.0 Å². The first-order valence-corrected chi connectivity index (χ1v) is 6.51. The summed E-state index contributed by atoms with van der Waals surface area (Å²) in [6.07, 6.45) is 5.22. The van der Waals surface area contributed by atoms with Crippen LogP contribution in [0.25, 0.3) is 0 Å². The smallest absolute Gasteiger partial charge is 0.227 e. The maximum atomic E-state index is 4.67. The molecule has 1 N–H and O–H groups in total. The zero-order valence-electron chi connectivity index (χ0n) is 11.0. The molecule has 0 bridgehead atoms. The zero-order chi connectivity index (χ0) is 12.3. The molecule has 1 saturated carbocycles. The monoisotopic (exact) mass is 234 g/mol. The Kier molecular flexibility index (Phi) is 3.82. The van der Waals surface area contributed by atoms with E-state index in [0.29, 0.717) is 5.92 Å². The van der Waals surface area contributed by atoms with Crippen molar-refractivity contribution in [1.82, 2.24) is 9.97 Å². The summed E-state index contributed by atoms with van der Waals surface area (Å²) in [6.45, 7) is 2.99. The molecular weight excluding hydrogens is 212 g/mol. The minimum absolute atomic E-state index is 0.633. The van der Waals surface area contributed by atoms with Gasteiger partial charge in [-0.15, -0.1) is 0 Å². The molecule has 0 spiro atoms. The average Bonchev–Trinajstić information content (AvgIpc) is 2.82. The van der Waals surface area contributed by atoms with Crippen LogP contribution in [0.4, 0.5) is 11.8 Å². The Balaban J connectivity index is 2.29. The van der Waals surface area contributed by atoms with Crippen molar-refractivity contribution in [3.8, 4) is 0 Å². The Morgan fingerprint density at radius 2 is 2.00 bits per heavy atom. The second kappa shape index (κ2) is 5.34. The van der Waals surface area contributed by atoms with Crippen LogP contribution in [-0.2, 0) is 0 Å². The van der Waals surface area contributed by atoms with Gasteiger partial charge < -0.3 is 10.2 Å². The quantitative estimate of drug-likeness (QED) is 0.869. The van der Waals surface area contributed by atoms with E-state index >= 15 is 0 Å². The molecule has 1 aliphatic carbocycles. The van der Waals surface area contributed by atoms with Crippen molar-refractivity contribution in [3.63, 3.8) is 0 Å². The number of hydrogen-bond donors (Lipinski definition) is 1. The molecule has 0 saturated heterocycles. The van der Waals surface area contributed by atoms with E-state index in [4.69, 9.17) is 0 Å². The van der Waals surface area contributed by atoms with Crippen LogP contribution < -0.4 is 10.2 Å². The van der Waals surface area contributed by atoms with Gasteiger partial charge in [0.2, 0.25) is 5.95 Å². The Labute approximate surface area is 103 Å². The predicted octanol–water partition coefficient (Wildman–Crippen LogP) is 2.63. The van der Waals surface area contributed by atoms with Gasteiger partial charge in [0.25, 0.3) is 0 Å². The van der Waals surface area contributed by atoms with E-state index in [9.17, 15) is 0 Å². The zero-order valence-corrected chi connectivity index (χ0v) is 11.0. The van der Waals surface area contributed by atoms with Crippen molar-refractivity contribution in [2.45, 2.75) is 38.5 Å². The molecule has 2 rings (SSSR count). The molecule has 1 aromatic heterocycles. The fourth-order valence-corrected chi connectivity index (χ4v) is 2.36. The minimum atomic E-state index is 0.633. The number of aromatic nitrogens is 2. The minimum Gasteiger partial charge on any atom is -0.370 e. The maximum Gasteiger partial charge on any atom is 0.227 e. The first kappa shape index (κ1) is 12.1. The highest BCUT2D eigenvalue weighted by molar-refractivity contribution is 5.44. The summed E-state index contributed by atoms with van der Waals surface area (Å²) in [4.78, 5) is 11.1. The first-order valence-electron chi connectivity index (χ1n) is 6.51.